The molecule has 8 nitrogen and oxygen atoms in total. The van der Waals surface area contributed by atoms with Crippen LogP contribution in [-0.2, 0) is 13.1 Å². The van der Waals surface area contributed by atoms with Gasteiger partial charge in [0.15, 0.2) is 11.6 Å². The molecule has 1 saturated heterocycles. The zero-order chi connectivity index (χ0) is 22.3. The standard InChI is InChI=1S/C24H37N7O/c1-2-3-14-32-24-28-22(26)21-23(29-24)31(17-27-21)16-20-6-4-19(5-7-20)15-30-12-9-18(8-11-25)10-13-30/h4-7,18,27H,2-3,8-17,25H2,1H3,(H2,26,28,29). The summed E-state index contributed by atoms with van der Waals surface area (Å²) in [5.41, 5.74) is 15.3. The highest BCUT2D eigenvalue weighted by atomic mass is 16.5. The Morgan fingerprint density at radius 3 is 2.50 bits per heavy atom. The van der Waals surface area contributed by atoms with Crippen LogP contribution in [0.5, 0.6) is 6.01 Å². The number of aromatic nitrogens is 2. The van der Waals surface area contributed by atoms with Gasteiger partial charge < -0.3 is 26.4 Å². The first-order valence-electron chi connectivity index (χ1n) is 12.0. The van der Waals surface area contributed by atoms with Gasteiger partial charge in [0.1, 0.15) is 5.69 Å². The number of nitrogens with zero attached hydrogens (tertiary/aromatic N) is 4. The van der Waals surface area contributed by atoms with Gasteiger partial charge in [0.25, 0.3) is 0 Å². The molecular formula is C24H37N7O. The summed E-state index contributed by atoms with van der Waals surface area (Å²) >= 11 is 0. The molecule has 0 spiro atoms. The summed E-state index contributed by atoms with van der Waals surface area (Å²) in [7, 11) is 0. The van der Waals surface area contributed by atoms with Crippen molar-refractivity contribution in [2.24, 2.45) is 11.7 Å². The maximum Gasteiger partial charge on any atom is 0.320 e. The minimum Gasteiger partial charge on any atom is -0.463 e. The Morgan fingerprint density at radius 1 is 1.09 bits per heavy atom. The van der Waals surface area contributed by atoms with Crippen LogP contribution in [0.15, 0.2) is 24.3 Å². The minimum atomic E-state index is 0.356. The molecule has 1 fully saturated rings. The lowest BCUT2D eigenvalue weighted by Crippen LogP contribution is -2.33. The lowest BCUT2D eigenvalue weighted by molar-refractivity contribution is 0.173. The SMILES string of the molecule is CCCCOc1nc(N)c2c(n1)N(Cc1ccc(CN3CCC(CCN)CC3)cc1)CN2. The molecular weight excluding hydrogens is 402 g/mol. The summed E-state index contributed by atoms with van der Waals surface area (Å²) in [5.74, 6) is 2.06. The number of nitrogens with two attached hydrogens (primary N) is 2. The van der Waals surface area contributed by atoms with Gasteiger partial charge >= 0.3 is 6.01 Å². The van der Waals surface area contributed by atoms with Crippen LogP contribution < -0.4 is 26.4 Å². The monoisotopic (exact) mass is 439 g/mol. The number of piperidine rings is 1. The Bertz CT molecular complexity index is 865. The van der Waals surface area contributed by atoms with Crippen molar-refractivity contribution in [3.63, 3.8) is 0 Å². The van der Waals surface area contributed by atoms with Crippen LogP contribution in [0.1, 0.15) is 50.2 Å². The van der Waals surface area contributed by atoms with E-state index in [1.54, 1.807) is 0 Å². The molecule has 0 unspecified atom stereocenters. The molecule has 0 saturated carbocycles. The van der Waals surface area contributed by atoms with Gasteiger partial charge in [-0.2, -0.15) is 9.97 Å². The van der Waals surface area contributed by atoms with Gasteiger partial charge in [-0.05, 0) is 62.4 Å². The topological polar surface area (TPSA) is 106 Å². The normalized spacial score (nSPS) is 16.8. The molecule has 0 atom stereocenters. The molecule has 2 aromatic rings. The number of nitrogen functional groups attached to an aromatic ring is 1. The summed E-state index contributed by atoms with van der Waals surface area (Å²) in [6.45, 7) is 8.33. The van der Waals surface area contributed by atoms with E-state index in [1.165, 1.54) is 43.5 Å². The maximum absolute atomic E-state index is 6.14. The van der Waals surface area contributed by atoms with E-state index in [0.717, 1.165) is 49.9 Å². The Morgan fingerprint density at radius 2 is 1.81 bits per heavy atom. The fraction of sp³-hybridized carbons (Fsp3) is 0.583. The third kappa shape index (κ3) is 5.61. The Labute approximate surface area is 191 Å². The van der Waals surface area contributed by atoms with Gasteiger partial charge in [-0.1, -0.05) is 37.6 Å². The van der Waals surface area contributed by atoms with E-state index in [0.29, 0.717) is 25.1 Å². The number of fused-ring (bicyclic) bond motifs is 1. The summed E-state index contributed by atoms with van der Waals surface area (Å²) in [6.07, 6.45) is 5.74. The van der Waals surface area contributed by atoms with Gasteiger partial charge in [0.2, 0.25) is 0 Å². The van der Waals surface area contributed by atoms with Crippen LogP contribution in [0.2, 0.25) is 0 Å². The van der Waals surface area contributed by atoms with Gasteiger partial charge in [-0.3, -0.25) is 4.90 Å². The smallest absolute Gasteiger partial charge is 0.320 e. The number of rotatable bonds is 10. The molecule has 1 aromatic carbocycles. The van der Waals surface area contributed by atoms with E-state index in [9.17, 15) is 0 Å². The van der Waals surface area contributed by atoms with E-state index in [4.69, 9.17) is 16.2 Å². The quantitative estimate of drug-likeness (QED) is 0.485. The average Bonchev–Trinajstić information content (AvgIpc) is 3.20. The Kier molecular flexibility index (Phi) is 7.65. The predicted molar refractivity (Wildman–Crippen MR) is 130 cm³/mol. The number of benzene rings is 1. The Hall–Kier alpha value is -2.58. The van der Waals surface area contributed by atoms with E-state index < -0.39 is 0 Å². The zero-order valence-electron chi connectivity index (χ0n) is 19.2. The Balaban J connectivity index is 1.34. The van der Waals surface area contributed by atoms with E-state index >= 15 is 0 Å². The second kappa shape index (κ2) is 10.8. The second-order valence-electron chi connectivity index (χ2n) is 8.94. The third-order valence-electron chi connectivity index (χ3n) is 6.46. The van der Waals surface area contributed by atoms with Crippen LogP contribution in [-0.4, -0.2) is 47.8 Å². The number of ether oxygens (including phenoxy) is 1. The molecule has 0 bridgehead atoms. The van der Waals surface area contributed by atoms with Gasteiger partial charge in [0.05, 0.1) is 13.3 Å². The van der Waals surface area contributed by atoms with Crippen molar-refractivity contribution >= 4 is 17.3 Å². The lowest BCUT2D eigenvalue weighted by atomic mass is 9.93. The summed E-state index contributed by atoms with van der Waals surface area (Å²) in [5, 5.41) is 3.32. The maximum atomic E-state index is 6.14. The van der Waals surface area contributed by atoms with Gasteiger partial charge in [0, 0.05) is 13.1 Å². The number of hydrogen-bond donors (Lipinski definition) is 3. The van der Waals surface area contributed by atoms with Gasteiger partial charge in [-0.25, -0.2) is 0 Å². The highest BCUT2D eigenvalue weighted by molar-refractivity contribution is 5.80. The van der Waals surface area contributed by atoms with Crippen LogP contribution in [0.4, 0.5) is 17.3 Å². The first kappa shape index (κ1) is 22.6. The molecule has 0 radical (unpaired) electrons. The molecule has 32 heavy (non-hydrogen) atoms. The van der Waals surface area contributed by atoms with Crippen molar-refractivity contribution < 1.29 is 4.74 Å². The average molecular weight is 440 g/mol. The number of anilines is 3. The number of nitrogens with one attached hydrogen (secondary N) is 1. The predicted octanol–water partition coefficient (Wildman–Crippen LogP) is 3.19. The third-order valence-corrected chi connectivity index (χ3v) is 6.46. The lowest BCUT2D eigenvalue weighted by Gasteiger charge is -2.31. The molecule has 2 aliphatic heterocycles. The molecule has 5 N–H and O–H groups in total. The van der Waals surface area contributed by atoms with Crippen LogP contribution in [0, 0.1) is 5.92 Å². The van der Waals surface area contributed by atoms with Crippen molar-refractivity contribution in [1.82, 2.24) is 14.9 Å². The molecule has 2 aliphatic rings. The van der Waals surface area contributed by atoms with Crippen molar-refractivity contribution in [2.75, 3.05) is 48.9 Å². The largest absolute Gasteiger partial charge is 0.463 e. The van der Waals surface area contributed by atoms with E-state index in [-0.39, 0.29) is 0 Å². The van der Waals surface area contributed by atoms with Crippen LogP contribution >= 0.6 is 0 Å². The van der Waals surface area contributed by atoms with Crippen molar-refractivity contribution in [3.05, 3.63) is 35.4 Å². The number of unbranched alkanes of at least 4 members (excludes halogenated alkanes) is 1. The molecule has 4 rings (SSSR count). The molecule has 1 aromatic heterocycles. The summed E-state index contributed by atoms with van der Waals surface area (Å²) in [4.78, 5) is 13.6. The van der Waals surface area contributed by atoms with E-state index in [2.05, 4.69) is 56.3 Å². The van der Waals surface area contributed by atoms with Gasteiger partial charge in [-0.15, -0.1) is 0 Å². The molecule has 8 heteroatoms. The highest BCUT2D eigenvalue weighted by Gasteiger charge is 2.25. The van der Waals surface area contributed by atoms with Crippen molar-refractivity contribution in [1.29, 1.82) is 0 Å². The van der Waals surface area contributed by atoms with Crippen LogP contribution in [0.3, 0.4) is 0 Å². The molecule has 3 heterocycles. The second-order valence-corrected chi connectivity index (χ2v) is 8.94. The fourth-order valence-corrected chi connectivity index (χ4v) is 4.49. The summed E-state index contributed by atoms with van der Waals surface area (Å²) in [6, 6.07) is 9.29. The minimum absolute atomic E-state index is 0.356. The zero-order valence-corrected chi connectivity index (χ0v) is 19.2. The first-order valence-corrected chi connectivity index (χ1v) is 12.0. The summed E-state index contributed by atoms with van der Waals surface area (Å²) < 4.78 is 5.69. The fourth-order valence-electron chi connectivity index (χ4n) is 4.49. The molecule has 0 aliphatic carbocycles. The molecule has 174 valence electrons. The number of hydrogen-bond acceptors (Lipinski definition) is 8. The highest BCUT2D eigenvalue weighted by Crippen LogP contribution is 2.35. The molecule has 0 amide bonds. The van der Waals surface area contributed by atoms with Crippen molar-refractivity contribution in [2.45, 2.75) is 52.1 Å². The number of likely N-dealkylation sites (tertiary alicyclic amines) is 1. The van der Waals surface area contributed by atoms with Crippen LogP contribution in [0.25, 0.3) is 0 Å². The first-order chi connectivity index (χ1) is 15.7. The van der Waals surface area contributed by atoms with E-state index in [1.807, 2.05) is 0 Å². The van der Waals surface area contributed by atoms with Crippen molar-refractivity contribution in [3.8, 4) is 6.01 Å².